The van der Waals surface area contributed by atoms with Crippen LogP contribution in [0.4, 0.5) is 0 Å². The van der Waals surface area contributed by atoms with Gasteiger partial charge in [-0.25, -0.2) is 0 Å². The fourth-order valence-corrected chi connectivity index (χ4v) is 3.45. The number of likely N-dealkylation sites (tertiary alicyclic amines) is 1. The molecule has 1 saturated heterocycles. The van der Waals surface area contributed by atoms with Crippen molar-refractivity contribution >= 4 is 5.91 Å². The molecule has 1 aromatic rings. The van der Waals surface area contributed by atoms with Gasteiger partial charge in [0.2, 0.25) is 5.91 Å². The van der Waals surface area contributed by atoms with Crippen LogP contribution in [0.1, 0.15) is 25.8 Å². The molecule has 1 fully saturated rings. The third kappa shape index (κ3) is 4.47. The molecule has 0 N–H and O–H groups in total. The van der Waals surface area contributed by atoms with Crippen molar-refractivity contribution in [2.24, 2.45) is 11.8 Å². The maximum absolute atomic E-state index is 12.6. The number of aryl methyl sites for hydroxylation is 1. The zero-order valence-electron chi connectivity index (χ0n) is 15.1. The van der Waals surface area contributed by atoms with E-state index in [4.69, 9.17) is 4.74 Å². The Bertz CT molecular complexity index is 512. The number of methoxy groups -OCH3 is 1. The van der Waals surface area contributed by atoms with Gasteiger partial charge in [0.15, 0.2) is 0 Å². The predicted octanol–water partition coefficient (Wildman–Crippen LogP) is 2.67. The fourth-order valence-electron chi connectivity index (χ4n) is 3.45. The highest BCUT2D eigenvalue weighted by Gasteiger charge is 2.37. The Hall–Kier alpha value is -1.55. The maximum atomic E-state index is 12.6. The first-order valence-corrected chi connectivity index (χ1v) is 8.49. The van der Waals surface area contributed by atoms with Crippen LogP contribution < -0.4 is 4.74 Å². The molecule has 1 aliphatic rings. The van der Waals surface area contributed by atoms with Gasteiger partial charge in [0.25, 0.3) is 0 Å². The van der Waals surface area contributed by atoms with Crippen LogP contribution in [0.3, 0.4) is 0 Å². The lowest BCUT2D eigenvalue weighted by Crippen LogP contribution is -2.37. The summed E-state index contributed by atoms with van der Waals surface area (Å²) >= 11 is 0. The SMILES string of the molecule is COc1cccc(CCC(=O)N2CC(C(C)C)C(N(C)C)C2)c1. The van der Waals surface area contributed by atoms with Crippen molar-refractivity contribution in [2.75, 3.05) is 34.3 Å². The van der Waals surface area contributed by atoms with E-state index in [0.717, 1.165) is 30.8 Å². The van der Waals surface area contributed by atoms with Gasteiger partial charge in [0, 0.05) is 25.6 Å². The number of likely N-dealkylation sites (N-methyl/N-ethyl adjacent to an activating group) is 1. The van der Waals surface area contributed by atoms with E-state index in [1.54, 1.807) is 7.11 Å². The van der Waals surface area contributed by atoms with Gasteiger partial charge in [-0.3, -0.25) is 4.79 Å². The lowest BCUT2D eigenvalue weighted by Gasteiger charge is -2.27. The topological polar surface area (TPSA) is 32.8 Å². The fraction of sp³-hybridized carbons (Fsp3) is 0.632. The highest BCUT2D eigenvalue weighted by Crippen LogP contribution is 2.27. The van der Waals surface area contributed by atoms with Crippen LogP contribution in [0.2, 0.25) is 0 Å². The second-order valence-corrected chi connectivity index (χ2v) is 7.09. The highest BCUT2D eigenvalue weighted by molar-refractivity contribution is 5.77. The third-order valence-corrected chi connectivity index (χ3v) is 4.97. The molecule has 1 heterocycles. The molecule has 2 rings (SSSR count). The molecule has 1 amide bonds. The summed E-state index contributed by atoms with van der Waals surface area (Å²) < 4.78 is 5.24. The van der Waals surface area contributed by atoms with Crippen LogP contribution in [-0.4, -0.2) is 56.0 Å². The minimum Gasteiger partial charge on any atom is -0.497 e. The summed E-state index contributed by atoms with van der Waals surface area (Å²) in [7, 11) is 5.90. The molecule has 4 heteroatoms. The van der Waals surface area contributed by atoms with Gasteiger partial charge >= 0.3 is 0 Å². The Balaban J connectivity index is 1.93. The van der Waals surface area contributed by atoms with Crippen LogP contribution in [0, 0.1) is 11.8 Å². The molecular weight excluding hydrogens is 288 g/mol. The first kappa shape index (κ1) is 17.8. The van der Waals surface area contributed by atoms with Gasteiger partial charge in [-0.2, -0.15) is 0 Å². The van der Waals surface area contributed by atoms with E-state index >= 15 is 0 Å². The highest BCUT2D eigenvalue weighted by atomic mass is 16.5. The van der Waals surface area contributed by atoms with Crippen molar-refractivity contribution in [2.45, 2.75) is 32.7 Å². The average Bonchev–Trinajstić information content (AvgIpc) is 2.98. The number of hydrogen-bond donors (Lipinski definition) is 0. The first-order valence-electron chi connectivity index (χ1n) is 8.49. The molecule has 1 aromatic carbocycles. The molecule has 0 bridgehead atoms. The first-order chi connectivity index (χ1) is 10.9. The number of hydrogen-bond acceptors (Lipinski definition) is 3. The van der Waals surface area contributed by atoms with Gasteiger partial charge in [0.05, 0.1) is 7.11 Å². The van der Waals surface area contributed by atoms with Crippen LogP contribution in [0.15, 0.2) is 24.3 Å². The van der Waals surface area contributed by atoms with Crippen LogP contribution in [0.25, 0.3) is 0 Å². The lowest BCUT2D eigenvalue weighted by molar-refractivity contribution is -0.130. The number of carbonyl (C=O) groups excluding carboxylic acids is 1. The molecule has 0 spiro atoms. The molecule has 0 saturated carbocycles. The Morgan fingerprint density at radius 1 is 1.35 bits per heavy atom. The lowest BCUT2D eigenvalue weighted by atomic mass is 9.91. The summed E-state index contributed by atoms with van der Waals surface area (Å²) in [5.41, 5.74) is 1.15. The van der Waals surface area contributed by atoms with E-state index in [0.29, 0.717) is 24.3 Å². The number of nitrogens with zero attached hydrogens (tertiary/aromatic N) is 2. The number of ether oxygens (including phenoxy) is 1. The monoisotopic (exact) mass is 318 g/mol. The number of rotatable bonds is 6. The summed E-state index contributed by atoms with van der Waals surface area (Å²) in [6.07, 6.45) is 1.34. The van der Waals surface area contributed by atoms with Crippen LogP contribution >= 0.6 is 0 Å². The normalized spacial score (nSPS) is 21.3. The predicted molar refractivity (Wildman–Crippen MR) is 93.7 cm³/mol. The van der Waals surface area contributed by atoms with Gasteiger partial charge in [-0.15, -0.1) is 0 Å². The van der Waals surface area contributed by atoms with E-state index in [1.807, 2.05) is 18.2 Å². The average molecular weight is 318 g/mol. The summed E-state index contributed by atoms with van der Waals surface area (Å²) in [6.45, 7) is 6.25. The van der Waals surface area contributed by atoms with Crippen molar-refractivity contribution in [3.63, 3.8) is 0 Å². The van der Waals surface area contributed by atoms with E-state index in [-0.39, 0.29) is 5.91 Å². The largest absolute Gasteiger partial charge is 0.497 e. The molecule has 1 aliphatic heterocycles. The van der Waals surface area contributed by atoms with Gasteiger partial charge in [0.1, 0.15) is 5.75 Å². The molecule has 0 aromatic heterocycles. The Morgan fingerprint density at radius 3 is 2.65 bits per heavy atom. The molecule has 4 nitrogen and oxygen atoms in total. The molecule has 0 radical (unpaired) electrons. The van der Waals surface area contributed by atoms with Crippen molar-refractivity contribution in [1.29, 1.82) is 0 Å². The minimum absolute atomic E-state index is 0.266. The van der Waals surface area contributed by atoms with Crippen molar-refractivity contribution in [3.8, 4) is 5.75 Å². The molecule has 0 aliphatic carbocycles. The summed E-state index contributed by atoms with van der Waals surface area (Å²) in [5, 5.41) is 0. The van der Waals surface area contributed by atoms with Gasteiger partial charge in [-0.05, 0) is 50.0 Å². The van der Waals surface area contributed by atoms with Crippen LogP contribution in [0.5, 0.6) is 5.75 Å². The quantitative estimate of drug-likeness (QED) is 0.808. The smallest absolute Gasteiger partial charge is 0.222 e. The number of amides is 1. The third-order valence-electron chi connectivity index (χ3n) is 4.97. The molecule has 128 valence electrons. The van der Waals surface area contributed by atoms with Crippen molar-refractivity contribution in [3.05, 3.63) is 29.8 Å². The Labute approximate surface area is 140 Å². The van der Waals surface area contributed by atoms with E-state index in [2.05, 4.69) is 43.8 Å². The summed E-state index contributed by atoms with van der Waals surface area (Å²) in [4.78, 5) is 16.9. The second-order valence-electron chi connectivity index (χ2n) is 7.09. The number of carbonyl (C=O) groups is 1. The Kier molecular flexibility index (Phi) is 6.05. The zero-order valence-corrected chi connectivity index (χ0v) is 15.1. The molecule has 23 heavy (non-hydrogen) atoms. The van der Waals surface area contributed by atoms with Crippen molar-refractivity contribution < 1.29 is 9.53 Å². The van der Waals surface area contributed by atoms with Crippen LogP contribution in [-0.2, 0) is 11.2 Å². The number of benzene rings is 1. The molecular formula is C19H30N2O2. The molecule has 2 atom stereocenters. The summed E-state index contributed by atoms with van der Waals surface area (Å²) in [6, 6.07) is 8.44. The van der Waals surface area contributed by atoms with Gasteiger partial charge in [-0.1, -0.05) is 26.0 Å². The Morgan fingerprint density at radius 2 is 2.09 bits per heavy atom. The maximum Gasteiger partial charge on any atom is 0.222 e. The second kappa shape index (κ2) is 7.82. The van der Waals surface area contributed by atoms with Crippen molar-refractivity contribution in [1.82, 2.24) is 9.80 Å². The van der Waals surface area contributed by atoms with Gasteiger partial charge < -0.3 is 14.5 Å². The van der Waals surface area contributed by atoms with E-state index in [1.165, 1.54) is 0 Å². The standard InChI is InChI=1S/C19H30N2O2/c1-14(2)17-12-21(13-18(17)20(3)4)19(22)10-9-15-7-6-8-16(11-15)23-5/h6-8,11,14,17-18H,9-10,12-13H2,1-5H3. The van der Waals surface area contributed by atoms with E-state index < -0.39 is 0 Å². The minimum atomic E-state index is 0.266. The zero-order chi connectivity index (χ0) is 17.0. The van der Waals surface area contributed by atoms with E-state index in [9.17, 15) is 4.79 Å². The summed E-state index contributed by atoms with van der Waals surface area (Å²) in [5.74, 6) is 2.27. The molecule has 2 unspecified atom stereocenters.